The number of aromatic nitrogens is 2. The first-order chi connectivity index (χ1) is 8.65. The standard InChI is InChI=1S/C14H12FN3/c1-8-5-11(16)7-12-13(8)17-18-14(12)9-3-2-4-10(15)6-9/h2-7H,16H2,1H3,(H,17,18). The number of benzene rings is 2. The highest BCUT2D eigenvalue weighted by atomic mass is 19.1. The third-order valence-electron chi connectivity index (χ3n) is 2.99. The monoisotopic (exact) mass is 241 g/mol. The van der Waals surface area contributed by atoms with Gasteiger partial charge in [-0.15, -0.1) is 0 Å². The Morgan fingerprint density at radius 3 is 2.83 bits per heavy atom. The zero-order chi connectivity index (χ0) is 12.7. The van der Waals surface area contributed by atoms with Crippen molar-refractivity contribution in [3.05, 3.63) is 47.8 Å². The summed E-state index contributed by atoms with van der Waals surface area (Å²) >= 11 is 0. The summed E-state index contributed by atoms with van der Waals surface area (Å²) in [5.41, 5.74) is 9.95. The van der Waals surface area contributed by atoms with E-state index in [1.165, 1.54) is 12.1 Å². The summed E-state index contributed by atoms with van der Waals surface area (Å²) in [5.74, 6) is -0.274. The Balaban J connectivity index is 2.30. The molecule has 3 aromatic rings. The lowest BCUT2D eigenvalue weighted by atomic mass is 10.0. The molecule has 1 aromatic heterocycles. The van der Waals surface area contributed by atoms with Crippen molar-refractivity contribution in [2.75, 3.05) is 5.73 Å². The minimum Gasteiger partial charge on any atom is -0.399 e. The van der Waals surface area contributed by atoms with Gasteiger partial charge >= 0.3 is 0 Å². The second kappa shape index (κ2) is 3.84. The second-order valence-corrected chi connectivity index (χ2v) is 4.34. The molecule has 0 aliphatic carbocycles. The van der Waals surface area contributed by atoms with E-state index in [0.717, 1.165) is 27.7 Å². The van der Waals surface area contributed by atoms with Crippen LogP contribution >= 0.6 is 0 Å². The van der Waals surface area contributed by atoms with Gasteiger partial charge in [0.05, 0.1) is 5.52 Å². The number of nitrogens with one attached hydrogen (secondary N) is 1. The van der Waals surface area contributed by atoms with Crippen LogP contribution in [0.5, 0.6) is 0 Å². The molecule has 0 bridgehead atoms. The van der Waals surface area contributed by atoms with Crippen LogP contribution in [0, 0.1) is 12.7 Å². The number of fused-ring (bicyclic) bond motifs is 1. The maximum absolute atomic E-state index is 13.3. The molecule has 3 rings (SSSR count). The zero-order valence-electron chi connectivity index (χ0n) is 9.87. The first-order valence-corrected chi connectivity index (χ1v) is 5.65. The fourth-order valence-corrected chi connectivity index (χ4v) is 2.18. The van der Waals surface area contributed by atoms with Crippen molar-refractivity contribution in [2.45, 2.75) is 6.92 Å². The van der Waals surface area contributed by atoms with Gasteiger partial charge in [-0.05, 0) is 36.8 Å². The summed E-state index contributed by atoms with van der Waals surface area (Å²) in [6.07, 6.45) is 0. The van der Waals surface area contributed by atoms with E-state index in [4.69, 9.17) is 5.73 Å². The lowest BCUT2D eigenvalue weighted by molar-refractivity contribution is 0.628. The predicted octanol–water partition coefficient (Wildman–Crippen LogP) is 3.26. The highest BCUT2D eigenvalue weighted by molar-refractivity contribution is 5.96. The summed E-state index contributed by atoms with van der Waals surface area (Å²) in [7, 11) is 0. The number of nitrogen functional groups attached to an aromatic ring is 1. The molecule has 90 valence electrons. The largest absolute Gasteiger partial charge is 0.399 e. The van der Waals surface area contributed by atoms with Gasteiger partial charge in [-0.2, -0.15) is 5.10 Å². The maximum atomic E-state index is 13.3. The molecule has 3 N–H and O–H groups in total. The third-order valence-corrected chi connectivity index (χ3v) is 2.99. The SMILES string of the molecule is Cc1cc(N)cc2c(-c3cccc(F)c3)n[nH]c12. The highest BCUT2D eigenvalue weighted by Crippen LogP contribution is 2.29. The molecule has 0 fully saturated rings. The molecule has 3 nitrogen and oxygen atoms in total. The zero-order valence-corrected chi connectivity index (χ0v) is 9.87. The van der Waals surface area contributed by atoms with Gasteiger partial charge in [0.15, 0.2) is 0 Å². The van der Waals surface area contributed by atoms with Crippen molar-refractivity contribution >= 4 is 16.6 Å². The van der Waals surface area contributed by atoms with Crippen molar-refractivity contribution in [2.24, 2.45) is 0 Å². The number of hydrogen-bond donors (Lipinski definition) is 2. The van der Waals surface area contributed by atoms with Gasteiger partial charge in [0.1, 0.15) is 11.5 Å². The Hall–Kier alpha value is -2.36. The Morgan fingerprint density at radius 1 is 1.22 bits per heavy atom. The van der Waals surface area contributed by atoms with E-state index < -0.39 is 0 Å². The van der Waals surface area contributed by atoms with Crippen LogP contribution in [0.4, 0.5) is 10.1 Å². The summed E-state index contributed by atoms with van der Waals surface area (Å²) in [5, 5.41) is 8.15. The topological polar surface area (TPSA) is 54.7 Å². The number of aryl methyl sites for hydroxylation is 1. The van der Waals surface area contributed by atoms with Gasteiger partial charge in [-0.1, -0.05) is 12.1 Å². The number of H-pyrrole nitrogens is 1. The first kappa shape index (κ1) is 10.8. The lowest BCUT2D eigenvalue weighted by Crippen LogP contribution is -1.87. The fourth-order valence-electron chi connectivity index (χ4n) is 2.18. The molecule has 2 aromatic carbocycles. The van der Waals surface area contributed by atoms with Crippen LogP contribution < -0.4 is 5.73 Å². The van der Waals surface area contributed by atoms with Gasteiger partial charge in [0.25, 0.3) is 0 Å². The molecular weight excluding hydrogens is 229 g/mol. The van der Waals surface area contributed by atoms with Crippen molar-refractivity contribution < 1.29 is 4.39 Å². The summed E-state index contributed by atoms with van der Waals surface area (Å²) in [4.78, 5) is 0. The number of rotatable bonds is 1. The van der Waals surface area contributed by atoms with E-state index >= 15 is 0 Å². The van der Waals surface area contributed by atoms with Crippen LogP contribution in [0.3, 0.4) is 0 Å². The number of halogens is 1. The summed E-state index contributed by atoms with van der Waals surface area (Å²) in [6.45, 7) is 1.96. The van der Waals surface area contributed by atoms with E-state index in [1.807, 2.05) is 25.1 Å². The molecule has 0 unspecified atom stereocenters. The molecule has 0 amide bonds. The smallest absolute Gasteiger partial charge is 0.123 e. The molecule has 0 aliphatic heterocycles. The van der Waals surface area contributed by atoms with Gasteiger partial charge in [-0.3, -0.25) is 5.10 Å². The Kier molecular flexibility index (Phi) is 2.30. The van der Waals surface area contributed by atoms with Crippen molar-refractivity contribution in [1.29, 1.82) is 0 Å². The summed E-state index contributed by atoms with van der Waals surface area (Å²) in [6, 6.07) is 10.1. The first-order valence-electron chi connectivity index (χ1n) is 5.65. The van der Waals surface area contributed by atoms with E-state index in [-0.39, 0.29) is 5.82 Å². The number of nitrogens with zero attached hydrogens (tertiary/aromatic N) is 1. The van der Waals surface area contributed by atoms with Crippen molar-refractivity contribution in [3.63, 3.8) is 0 Å². The molecule has 0 atom stereocenters. The van der Waals surface area contributed by atoms with Crippen LogP contribution in [-0.4, -0.2) is 10.2 Å². The van der Waals surface area contributed by atoms with Crippen molar-refractivity contribution in [3.8, 4) is 11.3 Å². The lowest BCUT2D eigenvalue weighted by Gasteiger charge is -2.01. The molecule has 0 saturated heterocycles. The van der Waals surface area contributed by atoms with Gasteiger partial charge in [-0.25, -0.2) is 4.39 Å². The minimum absolute atomic E-state index is 0.274. The molecule has 0 aliphatic rings. The highest BCUT2D eigenvalue weighted by Gasteiger charge is 2.10. The van der Waals surface area contributed by atoms with Gasteiger partial charge in [0, 0.05) is 16.6 Å². The third kappa shape index (κ3) is 1.62. The Bertz CT molecular complexity index is 731. The van der Waals surface area contributed by atoms with Gasteiger partial charge in [0.2, 0.25) is 0 Å². The average molecular weight is 241 g/mol. The van der Waals surface area contributed by atoms with Crippen LogP contribution in [0.1, 0.15) is 5.56 Å². The molecule has 0 saturated carbocycles. The second-order valence-electron chi connectivity index (χ2n) is 4.34. The van der Waals surface area contributed by atoms with Crippen LogP contribution in [0.2, 0.25) is 0 Å². The van der Waals surface area contributed by atoms with Crippen LogP contribution in [0.15, 0.2) is 36.4 Å². The fraction of sp³-hybridized carbons (Fsp3) is 0.0714. The van der Waals surface area contributed by atoms with Gasteiger partial charge < -0.3 is 5.73 Å². The number of nitrogens with two attached hydrogens (primary N) is 1. The van der Waals surface area contributed by atoms with E-state index in [9.17, 15) is 4.39 Å². The Labute approximate surface area is 103 Å². The predicted molar refractivity (Wildman–Crippen MR) is 70.6 cm³/mol. The van der Waals surface area contributed by atoms with Crippen LogP contribution in [0.25, 0.3) is 22.2 Å². The molecule has 0 radical (unpaired) electrons. The molecular formula is C14H12FN3. The van der Waals surface area contributed by atoms with E-state index in [1.54, 1.807) is 6.07 Å². The number of anilines is 1. The minimum atomic E-state index is -0.274. The van der Waals surface area contributed by atoms with Crippen molar-refractivity contribution in [1.82, 2.24) is 10.2 Å². The number of hydrogen-bond acceptors (Lipinski definition) is 2. The Morgan fingerprint density at radius 2 is 2.06 bits per heavy atom. The molecule has 1 heterocycles. The molecule has 4 heteroatoms. The average Bonchev–Trinajstić information content (AvgIpc) is 2.72. The maximum Gasteiger partial charge on any atom is 0.123 e. The summed E-state index contributed by atoms with van der Waals surface area (Å²) < 4.78 is 13.3. The quantitative estimate of drug-likeness (QED) is 0.642. The molecule has 0 spiro atoms. The number of aromatic amines is 1. The van der Waals surface area contributed by atoms with Crippen LogP contribution in [-0.2, 0) is 0 Å². The normalized spacial score (nSPS) is 11.0. The van der Waals surface area contributed by atoms with E-state index in [0.29, 0.717) is 5.69 Å². The van der Waals surface area contributed by atoms with E-state index in [2.05, 4.69) is 10.2 Å². The molecule has 18 heavy (non-hydrogen) atoms.